The molecule has 0 saturated heterocycles. The van der Waals surface area contributed by atoms with Gasteiger partial charge in [0, 0.05) is 34.9 Å². The fourth-order valence-electron chi connectivity index (χ4n) is 2.54. The van der Waals surface area contributed by atoms with Crippen LogP contribution in [0.4, 0.5) is 8.78 Å². The molecule has 3 aromatic rings. The van der Waals surface area contributed by atoms with Gasteiger partial charge in [-0.25, -0.2) is 13.4 Å². The van der Waals surface area contributed by atoms with E-state index in [1.807, 2.05) is 9.24 Å². The topological polar surface area (TPSA) is 52.0 Å². The van der Waals surface area contributed by atoms with Gasteiger partial charge in [-0.15, -0.1) is 9.24 Å². The van der Waals surface area contributed by atoms with E-state index in [-0.39, 0.29) is 16.4 Å². The lowest BCUT2D eigenvalue weighted by atomic mass is 10.2. The Hall–Kier alpha value is -1.82. The van der Waals surface area contributed by atoms with Crippen molar-refractivity contribution in [3.8, 4) is 17.1 Å². The Morgan fingerprint density at radius 1 is 1.19 bits per heavy atom. The van der Waals surface area contributed by atoms with Crippen molar-refractivity contribution < 1.29 is 17.2 Å². The monoisotopic (exact) mass is 428 g/mol. The molecule has 1 aromatic heterocycles. The maximum absolute atomic E-state index is 14.2. The van der Waals surface area contributed by atoms with Crippen LogP contribution < -0.4 is 0 Å². The van der Waals surface area contributed by atoms with E-state index < -0.39 is 21.9 Å². The molecule has 142 valence electrons. The van der Waals surface area contributed by atoms with Gasteiger partial charge in [0.05, 0.1) is 4.90 Å². The minimum atomic E-state index is -3.36. The Kier molecular flexibility index (Phi) is 5.39. The highest BCUT2D eigenvalue weighted by molar-refractivity contribution is 7.90. The number of alkyl halides is 2. The molecule has 1 unspecified atom stereocenters. The number of benzene rings is 2. The second-order valence-electron chi connectivity index (χ2n) is 6.00. The van der Waals surface area contributed by atoms with Gasteiger partial charge in [0.1, 0.15) is 11.5 Å². The predicted molar refractivity (Wildman–Crippen MR) is 106 cm³/mol. The average Bonchev–Trinajstić information content (AvgIpc) is 3.07. The zero-order valence-electron chi connectivity index (χ0n) is 14.2. The van der Waals surface area contributed by atoms with Crippen molar-refractivity contribution in [1.82, 2.24) is 9.55 Å². The van der Waals surface area contributed by atoms with Crippen molar-refractivity contribution in [2.75, 3.05) is 12.4 Å². The molecule has 0 aliphatic rings. The lowest BCUT2D eigenvalue weighted by Gasteiger charge is -2.09. The summed E-state index contributed by atoms with van der Waals surface area (Å²) in [5, 5.41) is 0.453. The van der Waals surface area contributed by atoms with Crippen LogP contribution in [0.3, 0.4) is 0 Å². The van der Waals surface area contributed by atoms with Crippen LogP contribution in [0.2, 0.25) is 5.02 Å². The first-order valence-electron chi connectivity index (χ1n) is 7.86. The van der Waals surface area contributed by atoms with Gasteiger partial charge in [0.2, 0.25) is 0 Å². The van der Waals surface area contributed by atoms with E-state index in [1.165, 1.54) is 22.9 Å². The van der Waals surface area contributed by atoms with E-state index in [0.717, 1.165) is 6.26 Å². The van der Waals surface area contributed by atoms with Crippen LogP contribution in [0.15, 0.2) is 59.6 Å². The molecule has 4 nitrogen and oxygen atoms in total. The molecule has 27 heavy (non-hydrogen) atoms. The highest BCUT2D eigenvalue weighted by Crippen LogP contribution is 2.33. The third-order valence-corrected chi connectivity index (χ3v) is 5.84. The number of imidazole rings is 1. The standard InChI is InChI=1S/C18H16ClF2N2O2PS/c1-27(24,25)15-7-5-14(6-8-15)23-10-16(18(20,21)11-26)22-17(23)12-3-2-4-13(19)9-12/h2-10H,11,26H2,1H3. The van der Waals surface area contributed by atoms with Crippen molar-refractivity contribution in [3.05, 3.63) is 65.4 Å². The second-order valence-corrected chi connectivity index (χ2v) is 8.87. The summed E-state index contributed by atoms with van der Waals surface area (Å²) < 4.78 is 53.2. The molecule has 1 heterocycles. The summed E-state index contributed by atoms with van der Waals surface area (Å²) in [4.78, 5) is 4.28. The predicted octanol–water partition coefficient (Wildman–Crippen LogP) is 4.56. The highest BCUT2D eigenvalue weighted by atomic mass is 35.5. The van der Waals surface area contributed by atoms with Gasteiger partial charge in [0.25, 0.3) is 5.92 Å². The molecule has 0 fully saturated rings. The first kappa shape index (κ1) is 19.9. The number of aromatic nitrogens is 2. The van der Waals surface area contributed by atoms with Crippen LogP contribution in [-0.4, -0.2) is 30.4 Å². The molecule has 0 aliphatic heterocycles. The van der Waals surface area contributed by atoms with Gasteiger partial charge in [-0.2, -0.15) is 8.78 Å². The first-order valence-corrected chi connectivity index (χ1v) is 10.9. The fourth-order valence-corrected chi connectivity index (χ4v) is 3.57. The largest absolute Gasteiger partial charge is 0.299 e. The smallest absolute Gasteiger partial charge is 0.294 e. The van der Waals surface area contributed by atoms with Gasteiger partial charge in [0.15, 0.2) is 9.84 Å². The van der Waals surface area contributed by atoms with Crippen LogP contribution in [0, 0.1) is 0 Å². The zero-order valence-corrected chi connectivity index (χ0v) is 17.0. The minimum absolute atomic E-state index is 0.145. The SMILES string of the molecule is CS(=O)(=O)c1ccc(-n2cc(C(F)(F)CP)nc2-c2cccc(Cl)c2)cc1. The normalized spacial score (nSPS) is 12.3. The molecule has 0 radical (unpaired) electrons. The van der Waals surface area contributed by atoms with Crippen LogP contribution in [-0.2, 0) is 15.8 Å². The van der Waals surface area contributed by atoms with Gasteiger partial charge in [-0.05, 0) is 36.4 Å². The van der Waals surface area contributed by atoms with E-state index in [2.05, 4.69) is 4.98 Å². The molecule has 2 aromatic carbocycles. The minimum Gasteiger partial charge on any atom is -0.299 e. The summed E-state index contributed by atoms with van der Waals surface area (Å²) in [5.41, 5.74) is 0.704. The Morgan fingerprint density at radius 3 is 2.41 bits per heavy atom. The molecule has 0 amide bonds. The quantitative estimate of drug-likeness (QED) is 0.560. The van der Waals surface area contributed by atoms with Crippen molar-refractivity contribution in [1.29, 1.82) is 0 Å². The Morgan fingerprint density at radius 2 is 1.85 bits per heavy atom. The molecular formula is C18H16ClF2N2O2PS. The summed E-state index contributed by atoms with van der Waals surface area (Å²) in [6.07, 6.45) is 1.90. The number of rotatable bonds is 5. The molecule has 0 saturated carbocycles. The van der Waals surface area contributed by atoms with Crippen molar-refractivity contribution in [2.24, 2.45) is 0 Å². The van der Waals surface area contributed by atoms with Gasteiger partial charge >= 0.3 is 0 Å². The number of hydrogen-bond donors (Lipinski definition) is 0. The summed E-state index contributed by atoms with van der Waals surface area (Å²) >= 11 is 6.03. The maximum Gasteiger partial charge on any atom is 0.294 e. The molecule has 1 atom stereocenters. The zero-order chi connectivity index (χ0) is 19.8. The number of hydrogen-bond acceptors (Lipinski definition) is 3. The van der Waals surface area contributed by atoms with Crippen molar-refractivity contribution in [2.45, 2.75) is 10.8 Å². The highest BCUT2D eigenvalue weighted by Gasteiger charge is 2.33. The van der Waals surface area contributed by atoms with Crippen molar-refractivity contribution >= 4 is 30.7 Å². The molecule has 0 N–H and O–H groups in total. The molecule has 9 heteroatoms. The number of nitrogens with zero attached hydrogens (tertiary/aromatic N) is 2. The molecule has 0 spiro atoms. The summed E-state index contributed by atoms with van der Waals surface area (Å²) in [6, 6.07) is 12.7. The van der Waals surface area contributed by atoms with E-state index in [4.69, 9.17) is 11.6 Å². The van der Waals surface area contributed by atoms with E-state index in [9.17, 15) is 17.2 Å². The third kappa shape index (κ3) is 4.21. The fraction of sp³-hybridized carbons (Fsp3) is 0.167. The van der Waals surface area contributed by atoms with E-state index >= 15 is 0 Å². The summed E-state index contributed by atoms with van der Waals surface area (Å²) in [5.74, 6) is -2.83. The maximum atomic E-state index is 14.2. The van der Waals surface area contributed by atoms with Crippen LogP contribution in [0.5, 0.6) is 0 Å². The first-order chi connectivity index (χ1) is 12.6. The summed E-state index contributed by atoms with van der Waals surface area (Å²) in [7, 11) is -1.34. The molecule has 3 rings (SSSR count). The third-order valence-electron chi connectivity index (χ3n) is 3.96. The van der Waals surface area contributed by atoms with Crippen LogP contribution in [0.1, 0.15) is 5.69 Å². The lowest BCUT2D eigenvalue weighted by molar-refractivity contribution is 0.0186. The number of halogens is 3. The summed E-state index contributed by atoms with van der Waals surface area (Å²) in [6.45, 7) is 0. The van der Waals surface area contributed by atoms with Crippen molar-refractivity contribution in [3.63, 3.8) is 0 Å². The Bertz CT molecular complexity index is 1080. The van der Waals surface area contributed by atoms with Crippen LogP contribution in [0.25, 0.3) is 17.1 Å². The lowest BCUT2D eigenvalue weighted by Crippen LogP contribution is -2.15. The van der Waals surface area contributed by atoms with Gasteiger partial charge < -0.3 is 0 Å². The van der Waals surface area contributed by atoms with Gasteiger partial charge in [-0.3, -0.25) is 4.57 Å². The molecule has 0 bridgehead atoms. The van der Waals surface area contributed by atoms with E-state index in [0.29, 0.717) is 16.3 Å². The van der Waals surface area contributed by atoms with Crippen LogP contribution >= 0.6 is 20.8 Å². The second kappa shape index (κ2) is 7.30. The molecular weight excluding hydrogens is 413 g/mol. The van der Waals surface area contributed by atoms with Gasteiger partial charge in [-0.1, -0.05) is 23.7 Å². The molecule has 0 aliphatic carbocycles. The Balaban J connectivity index is 2.18. The number of sulfone groups is 1. The Labute approximate surface area is 163 Å². The van der Waals surface area contributed by atoms with E-state index in [1.54, 1.807) is 36.4 Å². The average molecular weight is 429 g/mol.